The number of amides is 1. The van der Waals surface area contributed by atoms with E-state index in [0.717, 1.165) is 0 Å². The Balaban J connectivity index is 2.94. The highest BCUT2D eigenvalue weighted by molar-refractivity contribution is 5.80. The molecule has 19 heavy (non-hydrogen) atoms. The van der Waals surface area contributed by atoms with E-state index in [0.29, 0.717) is 13.2 Å². The molecule has 1 fully saturated rings. The summed E-state index contributed by atoms with van der Waals surface area (Å²) in [6, 6.07) is -1.00. The van der Waals surface area contributed by atoms with Gasteiger partial charge in [0.05, 0.1) is 13.2 Å². The number of carboxylic acids is 1. The number of hydrogen-bond donors (Lipinski definition) is 1. The molecule has 0 spiro atoms. The molecular formula is C13H23NO5. The summed E-state index contributed by atoms with van der Waals surface area (Å²) in [5, 5.41) is 9.22. The molecule has 6 heteroatoms. The van der Waals surface area contributed by atoms with Gasteiger partial charge in [-0.25, -0.2) is 9.59 Å². The molecule has 1 atom stereocenters. The van der Waals surface area contributed by atoms with Crippen LogP contribution in [0.3, 0.4) is 0 Å². The van der Waals surface area contributed by atoms with Crippen molar-refractivity contribution in [1.82, 2.24) is 4.90 Å². The van der Waals surface area contributed by atoms with Crippen LogP contribution in [-0.2, 0) is 14.3 Å². The monoisotopic (exact) mass is 273 g/mol. The fourth-order valence-corrected chi connectivity index (χ4v) is 1.87. The Kier molecular flexibility index (Phi) is 4.45. The molecule has 0 aromatic carbocycles. The summed E-state index contributed by atoms with van der Waals surface area (Å²) in [4.78, 5) is 24.7. The van der Waals surface area contributed by atoms with E-state index in [4.69, 9.17) is 9.47 Å². The third-order valence-corrected chi connectivity index (χ3v) is 2.66. The first-order valence-electron chi connectivity index (χ1n) is 6.32. The first kappa shape index (κ1) is 15.8. The van der Waals surface area contributed by atoms with Crippen LogP contribution < -0.4 is 0 Å². The fraction of sp³-hybridized carbons (Fsp3) is 0.846. The summed E-state index contributed by atoms with van der Waals surface area (Å²) < 4.78 is 10.6. The van der Waals surface area contributed by atoms with E-state index < -0.39 is 23.7 Å². The number of carboxylic acid groups (broad SMARTS) is 1. The van der Waals surface area contributed by atoms with E-state index in [1.165, 1.54) is 4.90 Å². The van der Waals surface area contributed by atoms with Crippen molar-refractivity contribution in [2.45, 2.75) is 46.3 Å². The summed E-state index contributed by atoms with van der Waals surface area (Å²) >= 11 is 0. The molecule has 0 bridgehead atoms. The molecule has 0 radical (unpaired) electrons. The molecule has 1 saturated heterocycles. The molecule has 1 rings (SSSR count). The zero-order chi connectivity index (χ0) is 14.8. The van der Waals surface area contributed by atoms with Crippen molar-refractivity contribution in [3.05, 3.63) is 0 Å². The molecular weight excluding hydrogens is 250 g/mol. The Labute approximate surface area is 113 Å². The highest BCUT2D eigenvalue weighted by Crippen LogP contribution is 2.24. The van der Waals surface area contributed by atoms with Crippen molar-refractivity contribution >= 4 is 12.1 Å². The van der Waals surface area contributed by atoms with Crippen molar-refractivity contribution in [3.8, 4) is 0 Å². The molecule has 1 N–H and O–H groups in total. The first-order chi connectivity index (χ1) is 8.52. The Morgan fingerprint density at radius 3 is 2.42 bits per heavy atom. The third kappa shape index (κ3) is 4.70. The van der Waals surface area contributed by atoms with Crippen molar-refractivity contribution in [2.75, 3.05) is 19.8 Å². The quantitative estimate of drug-likeness (QED) is 0.787. The van der Waals surface area contributed by atoms with Crippen LogP contribution in [0.5, 0.6) is 0 Å². The van der Waals surface area contributed by atoms with Crippen molar-refractivity contribution in [3.63, 3.8) is 0 Å². The predicted octanol–water partition coefficient (Wildman–Crippen LogP) is 1.73. The molecule has 1 aliphatic heterocycles. The van der Waals surface area contributed by atoms with E-state index in [-0.39, 0.29) is 12.0 Å². The van der Waals surface area contributed by atoms with Crippen LogP contribution in [0.15, 0.2) is 0 Å². The number of rotatable bonds is 1. The van der Waals surface area contributed by atoms with Gasteiger partial charge >= 0.3 is 12.1 Å². The molecule has 110 valence electrons. The minimum absolute atomic E-state index is 0.0159. The van der Waals surface area contributed by atoms with Crippen LogP contribution in [0.1, 0.15) is 34.6 Å². The van der Waals surface area contributed by atoms with Crippen LogP contribution in [0.2, 0.25) is 0 Å². The molecule has 1 amide bonds. The number of carbonyl (C=O) groups is 2. The lowest BCUT2D eigenvalue weighted by Crippen LogP contribution is -2.50. The third-order valence-electron chi connectivity index (χ3n) is 2.66. The van der Waals surface area contributed by atoms with Crippen LogP contribution in [0, 0.1) is 5.41 Å². The summed E-state index contributed by atoms with van der Waals surface area (Å²) in [7, 11) is 0. The van der Waals surface area contributed by atoms with Crippen LogP contribution >= 0.6 is 0 Å². The highest BCUT2D eigenvalue weighted by Gasteiger charge is 2.39. The lowest BCUT2D eigenvalue weighted by Gasteiger charge is -2.33. The molecule has 1 heterocycles. The van der Waals surface area contributed by atoms with Gasteiger partial charge in [-0.3, -0.25) is 4.90 Å². The first-order valence-corrected chi connectivity index (χ1v) is 6.32. The maximum atomic E-state index is 12.2. The van der Waals surface area contributed by atoms with Crippen LogP contribution in [0.25, 0.3) is 0 Å². The molecule has 0 aromatic rings. The second-order valence-corrected chi connectivity index (χ2v) is 6.64. The van der Waals surface area contributed by atoms with Crippen molar-refractivity contribution in [1.29, 1.82) is 0 Å². The van der Waals surface area contributed by atoms with Gasteiger partial charge in [-0.1, -0.05) is 13.8 Å². The average Bonchev–Trinajstić information content (AvgIpc) is 2.33. The Hall–Kier alpha value is -1.30. The maximum Gasteiger partial charge on any atom is 0.411 e. The minimum Gasteiger partial charge on any atom is -0.480 e. The SMILES string of the molecule is CC1(C)COCC(C(=O)O)N(C(=O)OC(C)(C)C)C1. The smallest absolute Gasteiger partial charge is 0.411 e. The molecule has 0 aromatic heterocycles. The van der Waals surface area contributed by atoms with E-state index in [9.17, 15) is 14.7 Å². The van der Waals surface area contributed by atoms with Crippen molar-refractivity contribution in [2.24, 2.45) is 5.41 Å². The Morgan fingerprint density at radius 1 is 1.37 bits per heavy atom. The van der Waals surface area contributed by atoms with Gasteiger partial charge in [0.1, 0.15) is 5.60 Å². The van der Waals surface area contributed by atoms with Crippen LogP contribution in [0.4, 0.5) is 4.79 Å². The number of aliphatic carboxylic acids is 1. The van der Waals surface area contributed by atoms with E-state index in [1.807, 2.05) is 13.8 Å². The number of carbonyl (C=O) groups excluding carboxylic acids is 1. The van der Waals surface area contributed by atoms with E-state index in [1.54, 1.807) is 20.8 Å². The van der Waals surface area contributed by atoms with Crippen molar-refractivity contribution < 1.29 is 24.2 Å². The zero-order valence-electron chi connectivity index (χ0n) is 12.2. The number of nitrogens with zero attached hydrogens (tertiary/aromatic N) is 1. The topological polar surface area (TPSA) is 76.1 Å². The standard InChI is InChI=1S/C13H23NO5/c1-12(2,3)19-11(17)14-7-13(4,5)8-18-6-9(14)10(15)16/h9H,6-8H2,1-5H3,(H,15,16). The number of hydrogen-bond acceptors (Lipinski definition) is 4. The largest absolute Gasteiger partial charge is 0.480 e. The lowest BCUT2D eigenvalue weighted by molar-refractivity contribution is -0.144. The van der Waals surface area contributed by atoms with Gasteiger partial charge in [0.2, 0.25) is 0 Å². The fourth-order valence-electron chi connectivity index (χ4n) is 1.87. The van der Waals surface area contributed by atoms with Gasteiger partial charge in [-0.05, 0) is 20.8 Å². The summed E-state index contributed by atoms with van der Waals surface area (Å²) in [5.74, 6) is -1.08. The zero-order valence-corrected chi connectivity index (χ0v) is 12.2. The van der Waals surface area contributed by atoms with Crippen LogP contribution in [-0.4, -0.2) is 53.5 Å². The molecule has 6 nitrogen and oxygen atoms in total. The van der Waals surface area contributed by atoms with Gasteiger partial charge in [-0.2, -0.15) is 0 Å². The normalized spacial score (nSPS) is 23.6. The summed E-state index contributed by atoms with van der Waals surface area (Å²) in [6.45, 7) is 9.79. The summed E-state index contributed by atoms with van der Waals surface area (Å²) in [5.41, 5.74) is -0.960. The van der Waals surface area contributed by atoms with Gasteiger partial charge in [0.15, 0.2) is 6.04 Å². The number of ether oxygens (including phenoxy) is 2. The van der Waals surface area contributed by atoms with E-state index >= 15 is 0 Å². The highest BCUT2D eigenvalue weighted by atomic mass is 16.6. The molecule has 1 aliphatic rings. The second kappa shape index (κ2) is 5.36. The Morgan fingerprint density at radius 2 is 1.95 bits per heavy atom. The van der Waals surface area contributed by atoms with E-state index in [2.05, 4.69) is 0 Å². The van der Waals surface area contributed by atoms with Gasteiger partial charge < -0.3 is 14.6 Å². The van der Waals surface area contributed by atoms with Gasteiger partial charge in [0, 0.05) is 12.0 Å². The molecule has 1 unspecified atom stereocenters. The lowest BCUT2D eigenvalue weighted by atomic mass is 9.94. The van der Waals surface area contributed by atoms with Gasteiger partial charge in [-0.15, -0.1) is 0 Å². The average molecular weight is 273 g/mol. The summed E-state index contributed by atoms with van der Waals surface area (Å²) in [6.07, 6.45) is -0.613. The van der Waals surface area contributed by atoms with Gasteiger partial charge in [0.25, 0.3) is 0 Å². The minimum atomic E-state index is -1.08. The molecule has 0 saturated carbocycles. The predicted molar refractivity (Wildman–Crippen MR) is 69.0 cm³/mol. The Bertz CT molecular complexity index is 359. The maximum absolute atomic E-state index is 12.2. The second-order valence-electron chi connectivity index (χ2n) is 6.64. The molecule has 0 aliphatic carbocycles.